The Morgan fingerprint density at radius 3 is 2.42 bits per heavy atom. The molecule has 19 heavy (non-hydrogen) atoms. The number of fused-ring (bicyclic) bond motifs is 1. The molecule has 1 aromatic rings. The summed E-state index contributed by atoms with van der Waals surface area (Å²) in [7, 11) is 0. The molecule has 0 aliphatic heterocycles. The van der Waals surface area contributed by atoms with E-state index in [9.17, 15) is 14.7 Å². The predicted octanol–water partition coefficient (Wildman–Crippen LogP) is 2.05. The van der Waals surface area contributed by atoms with Gasteiger partial charge in [-0.2, -0.15) is 0 Å². The SMILES string of the molecule is CC(=CCC1=C(O)c2ccccc2C(=O)C1=O)CO. The highest BCUT2D eigenvalue weighted by Crippen LogP contribution is 2.29. The Labute approximate surface area is 110 Å². The van der Waals surface area contributed by atoms with Crippen molar-refractivity contribution in [2.45, 2.75) is 13.3 Å². The van der Waals surface area contributed by atoms with Gasteiger partial charge in [-0.15, -0.1) is 0 Å². The van der Waals surface area contributed by atoms with Crippen LogP contribution in [0.4, 0.5) is 0 Å². The van der Waals surface area contributed by atoms with Gasteiger partial charge in [0.2, 0.25) is 11.6 Å². The molecular formula is C15H14O4. The number of carbonyl (C=O) groups is 2. The minimum atomic E-state index is -0.682. The van der Waals surface area contributed by atoms with E-state index in [2.05, 4.69) is 0 Å². The lowest BCUT2D eigenvalue weighted by Crippen LogP contribution is -2.23. The molecule has 2 rings (SSSR count). The van der Waals surface area contributed by atoms with Crippen molar-refractivity contribution in [1.29, 1.82) is 0 Å². The molecule has 0 unspecified atom stereocenters. The van der Waals surface area contributed by atoms with Gasteiger partial charge in [-0.1, -0.05) is 35.9 Å². The molecule has 0 saturated carbocycles. The Morgan fingerprint density at radius 1 is 1.16 bits per heavy atom. The summed E-state index contributed by atoms with van der Waals surface area (Å²) in [6.07, 6.45) is 1.77. The second-order valence-electron chi connectivity index (χ2n) is 4.44. The molecule has 0 atom stereocenters. The van der Waals surface area contributed by atoms with Crippen molar-refractivity contribution in [3.8, 4) is 0 Å². The van der Waals surface area contributed by atoms with Gasteiger partial charge < -0.3 is 10.2 Å². The lowest BCUT2D eigenvalue weighted by molar-refractivity contribution is -0.112. The molecule has 0 radical (unpaired) electrons. The number of allylic oxidation sites excluding steroid dienone is 2. The molecule has 0 amide bonds. The summed E-state index contributed by atoms with van der Waals surface area (Å²) in [5.74, 6) is -1.43. The maximum absolute atomic E-state index is 11.9. The normalized spacial score (nSPS) is 15.8. The number of ketones is 2. The van der Waals surface area contributed by atoms with E-state index in [1.165, 1.54) is 6.07 Å². The van der Waals surface area contributed by atoms with Crippen molar-refractivity contribution < 1.29 is 19.8 Å². The number of rotatable bonds is 3. The number of hydrogen-bond donors (Lipinski definition) is 2. The fraction of sp³-hybridized carbons (Fsp3) is 0.200. The first kappa shape index (κ1) is 13.2. The molecule has 0 aromatic heterocycles. The van der Waals surface area contributed by atoms with Crippen molar-refractivity contribution in [1.82, 2.24) is 0 Å². The van der Waals surface area contributed by atoms with Crippen molar-refractivity contribution in [3.05, 3.63) is 52.6 Å². The fourth-order valence-electron chi connectivity index (χ4n) is 1.95. The third kappa shape index (κ3) is 2.35. The van der Waals surface area contributed by atoms with Crippen LogP contribution < -0.4 is 0 Å². The van der Waals surface area contributed by atoms with Gasteiger partial charge in [0.15, 0.2) is 0 Å². The molecule has 1 aliphatic carbocycles. The van der Waals surface area contributed by atoms with Gasteiger partial charge in [0.05, 0.1) is 6.61 Å². The summed E-state index contributed by atoms with van der Waals surface area (Å²) in [6, 6.07) is 6.48. The Hall–Kier alpha value is -2.20. The molecule has 0 saturated heterocycles. The number of hydrogen-bond acceptors (Lipinski definition) is 4. The Kier molecular flexibility index (Phi) is 3.62. The average molecular weight is 258 g/mol. The van der Waals surface area contributed by atoms with Crippen LogP contribution in [-0.4, -0.2) is 28.4 Å². The zero-order valence-electron chi connectivity index (χ0n) is 10.5. The molecule has 4 nitrogen and oxygen atoms in total. The van der Waals surface area contributed by atoms with Crippen LogP contribution in [0.15, 0.2) is 41.5 Å². The number of Topliss-reactive ketones (excluding diaryl/α,β-unsaturated/α-hetero) is 2. The lowest BCUT2D eigenvalue weighted by Gasteiger charge is -2.16. The molecule has 1 aromatic carbocycles. The standard InChI is InChI=1S/C15H14O4/c1-9(8-16)6-7-12-13(17)10-4-2-3-5-11(10)14(18)15(12)19/h2-6,16-17H,7-8H2,1H3. The number of carbonyl (C=O) groups excluding carboxylic acids is 2. The second kappa shape index (κ2) is 5.20. The van der Waals surface area contributed by atoms with Crippen LogP contribution in [-0.2, 0) is 4.79 Å². The molecule has 0 fully saturated rings. The van der Waals surface area contributed by atoms with E-state index in [4.69, 9.17) is 5.11 Å². The zero-order valence-corrected chi connectivity index (χ0v) is 10.5. The first-order chi connectivity index (χ1) is 9.06. The van der Waals surface area contributed by atoms with E-state index >= 15 is 0 Å². The largest absolute Gasteiger partial charge is 0.507 e. The van der Waals surface area contributed by atoms with Crippen LogP contribution in [0.2, 0.25) is 0 Å². The summed E-state index contributed by atoms with van der Waals surface area (Å²) in [5.41, 5.74) is 1.38. The van der Waals surface area contributed by atoms with Crippen LogP contribution in [0.1, 0.15) is 29.3 Å². The minimum absolute atomic E-state index is 0.0801. The maximum Gasteiger partial charge on any atom is 0.234 e. The third-order valence-corrected chi connectivity index (χ3v) is 3.10. The van der Waals surface area contributed by atoms with Crippen LogP contribution >= 0.6 is 0 Å². The average Bonchev–Trinajstić information content (AvgIpc) is 2.44. The van der Waals surface area contributed by atoms with Crippen LogP contribution in [0.25, 0.3) is 5.76 Å². The molecule has 1 aliphatic rings. The molecule has 98 valence electrons. The highest BCUT2D eigenvalue weighted by Gasteiger charge is 2.31. The molecule has 0 spiro atoms. The Bertz CT molecular complexity index is 608. The molecule has 0 bridgehead atoms. The topological polar surface area (TPSA) is 74.6 Å². The Balaban J connectivity index is 2.48. The van der Waals surface area contributed by atoms with Crippen molar-refractivity contribution >= 4 is 17.3 Å². The second-order valence-corrected chi connectivity index (χ2v) is 4.44. The summed E-state index contributed by atoms with van der Waals surface area (Å²) in [5, 5.41) is 19.0. The van der Waals surface area contributed by atoms with Crippen LogP contribution in [0.3, 0.4) is 0 Å². The maximum atomic E-state index is 11.9. The molecule has 2 N–H and O–H groups in total. The smallest absolute Gasteiger partial charge is 0.234 e. The summed E-state index contributed by atoms with van der Waals surface area (Å²) in [6.45, 7) is 1.59. The predicted molar refractivity (Wildman–Crippen MR) is 70.8 cm³/mol. The van der Waals surface area contributed by atoms with E-state index in [1.54, 1.807) is 31.2 Å². The van der Waals surface area contributed by atoms with Gasteiger partial charge >= 0.3 is 0 Å². The van der Waals surface area contributed by atoms with Crippen LogP contribution in [0.5, 0.6) is 0 Å². The first-order valence-electron chi connectivity index (χ1n) is 5.93. The van der Waals surface area contributed by atoms with E-state index in [1.807, 2.05) is 0 Å². The molecular weight excluding hydrogens is 244 g/mol. The Morgan fingerprint density at radius 2 is 1.79 bits per heavy atom. The van der Waals surface area contributed by atoms with Crippen molar-refractivity contribution in [3.63, 3.8) is 0 Å². The van der Waals surface area contributed by atoms with E-state index < -0.39 is 11.6 Å². The van der Waals surface area contributed by atoms with E-state index in [-0.39, 0.29) is 29.9 Å². The first-order valence-corrected chi connectivity index (χ1v) is 5.93. The van der Waals surface area contributed by atoms with Crippen LogP contribution in [0, 0.1) is 0 Å². The zero-order chi connectivity index (χ0) is 14.0. The fourth-order valence-corrected chi connectivity index (χ4v) is 1.95. The monoisotopic (exact) mass is 258 g/mol. The van der Waals surface area contributed by atoms with Gasteiger partial charge in [-0.05, 0) is 13.3 Å². The van der Waals surface area contributed by atoms with Gasteiger partial charge in [-0.3, -0.25) is 9.59 Å². The summed E-state index contributed by atoms with van der Waals surface area (Å²) in [4.78, 5) is 23.9. The van der Waals surface area contributed by atoms with Gasteiger partial charge in [0.1, 0.15) is 5.76 Å². The van der Waals surface area contributed by atoms with Crippen molar-refractivity contribution in [2.24, 2.45) is 0 Å². The number of benzene rings is 1. The summed E-state index contributed by atoms with van der Waals surface area (Å²) < 4.78 is 0. The quantitative estimate of drug-likeness (QED) is 0.642. The molecule has 0 heterocycles. The van der Waals surface area contributed by atoms with Crippen molar-refractivity contribution in [2.75, 3.05) is 6.61 Å². The van der Waals surface area contributed by atoms with E-state index in [0.717, 1.165) is 0 Å². The molecule has 4 heteroatoms. The highest BCUT2D eigenvalue weighted by molar-refractivity contribution is 6.52. The highest BCUT2D eigenvalue weighted by atomic mass is 16.3. The number of aliphatic hydroxyl groups excluding tert-OH is 2. The van der Waals surface area contributed by atoms with Gasteiger partial charge in [0, 0.05) is 16.7 Å². The van der Waals surface area contributed by atoms with Gasteiger partial charge in [0.25, 0.3) is 0 Å². The third-order valence-electron chi connectivity index (χ3n) is 3.10. The minimum Gasteiger partial charge on any atom is -0.507 e. The lowest BCUT2D eigenvalue weighted by atomic mass is 9.87. The summed E-state index contributed by atoms with van der Waals surface area (Å²) >= 11 is 0. The van der Waals surface area contributed by atoms with Gasteiger partial charge in [-0.25, -0.2) is 0 Å². The number of aliphatic hydroxyl groups is 2. The van der Waals surface area contributed by atoms with E-state index in [0.29, 0.717) is 11.1 Å².